The molecule has 27 heavy (non-hydrogen) atoms. The molecule has 1 fully saturated rings. The molecule has 1 N–H and O–H groups in total. The maximum absolute atomic E-state index is 12.7. The van der Waals surface area contributed by atoms with E-state index in [1.54, 1.807) is 4.90 Å². The van der Waals surface area contributed by atoms with Gasteiger partial charge in [0.15, 0.2) is 0 Å². The smallest absolute Gasteiger partial charge is 0.318 e. The van der Waals surface area contributed by atoms with Crippen LogP contribution in [0.2, 0.25) is 0 Å². The van der Waals surface area contributed by atoms with Crippen molar-refractivity contribution < 1.29 is 9.32 Å². The van der Waals surface area contributed by atoms with Crippen molar-refractivity contribution in [3.8, 4) is 11.4 Å². The van der Waals surface area contributed by atoms with E-state index in [1.165, 1.54) is 5.56 Å². The van der Waals surface area contributed by atoms with Gasteiger partial charge in [-0.05, 0) is 25.3 Å². The highest BCUT2D eigenvalue weighted by atomic mass is 16.5. The average molecular weight is 362 g/mol. The lowest BCUT2D eigenvalue weighted by molar-refractivity contribution is 0.180. The average Bonchev–Trinajstić information content (AvgIpc) is 3.37. The van der Waals surface area contributed by atoms with Gasteiger partial charge in [0, 0.05) is 18.7 Å². The van der Waals surface area contributed by atoms with Gasteiger partial charge in [0.1, 0.15) is 6.04 Å². The van der Waals surface area contributed by atoms with Crippen LogP contribution in [-0.4, -0.2) is 27.6 Å². The molecule has 1 aliphatic rings. The quantitative estimate of drug-likeness (QED) is 0.759. The molecule has 0 aliphatic carbocycles. The van der Waals surface area contributed by atoms with Crippen LogP contribution < -0.4 is 5.32 Å². The van der Waals surface area contributed by atoms with Gasteiger partial charge in [0.25, 0.3) is 0 Å². The number of hydrogen-bond donors (Lipinski definition) is 1. The van der Waals surface area contributed by atoms with Gasteiger partial charge in [0.05, 0.1) is 0 Å². The minimum Gasteiger partial charge on any atom is -0.337 e. The molecule has 1 unspecified atom stereocenters. The molecule has 2 amide bonds. The molecule has 1 atom stereocenters. The summed E-state index contributed by atoms with van der Waals surface area (Å²) in [4.78, 5) is 19.0. The van der Waals surface area contributed by atoms with Crippen molar-refractivity contribution in [1.29, 1.82) is 0 Å². The number of nitrogens with zero attached hydrogens (tertiary/aromatic N) is 3. The SMILES string of the molecule is Cc1ccc(CNC(=O)N2CCCC2c2nc(-c3ccccc3)no2)cc1. The standard InChI is InChI=1S/C21H22N4O2/c1-15-9-11-16(12-10-15)14-22-21(26)25-13-5-8-18(25)20-23-19(24-27-20)17-6-3-2-4-7-17/h2-4,6-7,9-12,18H,5,8,13-14H2,1H3,(H,22,26). The number of likely N-dealkylation sites (tertiary alicyclic amines) is 1. The van der Waals surface area contributed by atoms with Gasteiger partial charge < -0.3 is 14.7 Å². The van der Waals surface area contributed by atoms with Crippen molar-refractivity contribution in [3.05, 3.63) is 71.6 Å². The summed E-state index contributed by atoms with van der Waals surface area (Å²) in [5.74, 6) is 1.05. The molecule has 1 aromatic heterocycles. The van der Waals surface area contributed by atoms with Crippen LogP contribution in [0.5, 0.6) is 0 Å². The van der Waals surface area contributed by atoms with E-state index in [2.05, 4.69) is 15.5 Å². The fraction of sp³-hybridized carbons (Fsp3) is 0.286. The van der Waals surface area contributed by atoms with Crippen molar-refractivity contribution >= 4 is 6.03 Å². The molecule has 0 radical (unpaired) electrons. The lowest BCUT2D eigenvalue weighted by Gasteiger charge is -2.22. The fourth-order valence-corrected chi connectivity index (χ4v) is 3.33. The Labute approximate surface area is 158 Å². The highest BCUT2D eigenvalue weighted by molar-refractivity contribution is 5.75. The van der Waals surface area contributed by atoms with Gasteiger partial charge in [-0.3, -0.25) is 0 Å². The summed E-state index contributed by atoms with van der Waals surface area (Å²) in [5, 5.41) is 7.08. The fourth-order valence-electron chi connectivity index (χ4n) is 3.33. The lowest BCUT2D eigenvalue weighted by atomic mass is 10.1. The van der Waals surface area contributed by atoms with Crippen molar-refractivity contribution in [2.75, 3.05) is 6.54 Å². The summed E-state index contributed by atoms with van der Waals surface area (Å²) in [6, 6.07) is 17.6. The summed E-state index contributed by atoms with van der Waals surface area (Å²) in [6.45, 7) is 3.24. The molecule has 2 heterocycles. The Bertz CT molecular complexity index is 905. The highest BCUT2D eigenvalue weighted by Gasteiger charge is 2.34. The molecule has 0 spiro atoms. The first kappa shape index (κ1) is 17.3. The van der Waals surface area contributed by atoms with E-state index < -0.39 is 0 Å². The zero-order valence-electron chi connectivity index (χ0n) is 15.3. The van der Waals surface area contributed by atoms with Crippen LogP contribution in [0.3, 0.4) is 0 Å². The lowest BCUT2D eigenvalue weighted by Crippen LogP contribution is -2.39. The third kappa shape index (κ3) is 3.84. The van der Waals surface area contributed by atoms with Gasteiger partial charge in [-0.2, -0.15) is 4.98 Å². The zero-order chi connectivity index (χ0) is 18.6. The second-order valence-electron chi connectivity index (χ2n) is 6.82. The predicted molar refractivity (Wildman–Crippen MR) is 102 cm³/mol. The van der Waals surface area contributed by atoms with E-state index in [4.69, 9.17) is 4.52 Å². The Morgan fingerprint density at radius 1 is 1.19 bits per heavy atom. The first-order chi connectivity index (χ1) is 13.2. The minimum atomic E-state index is -0.173. The number of urea groups is 1. The second-order valence-corrected chi connectivity index (χ2v) is 6.82. The Hall–Kier alpha value is -3.15. The van der Waals surface area contributed by atoms with Gasteiger partial charge in [-0.25, -0.2) is 4.79 Å². The topological polar surface area (TPSA) is 71.3 Å². The van der Waals surface area contributed by atoms with Crippen LogP contribution in [-0.2, 0) is 6.54 Å². The van der Waals surface area contributed by atoms with Crippen molar-refractivity contribution in [1.82, 2.24) is 20.4 Å². The van der Waals surface area contributed by atoms with E-state index in [0.717, 1.165) is 24.0 Å². The molecular formula is C21H22N4O2. The Morgan fingerprint density at radius 3 is 2.74 bits per heavy atom. The first-order valence-electron chi connectivity index (χ1n) is 9.20. The molecule has 0 bridgehead atoms. The van der Waals surface area contributed by atoms with E-state index >= 15 is 0 Å². The van der Waals surface area contributed by atoms with Crippen LogP contribution in [0.4, 0.5) is 4.79 Å². The summed E-state index contributed by atoms with van der Waals surface area (Å²) in [6.07, 6.45) is 1.75. The third-order valence-electron chi connectivity index (χ3n) is 4.84. The molecule has 2 aromatic carbocycles. The second kappa shape index (κ2) is 7.61. The van der Waals surface area contributed by atoms with Gasteiger partial charge in [0.2, 0.25) is 11.7 Å². The van der Waals surface area contributed by atoms with Crippen LogP contribution in [0.1, 0.15) is 35.9 Å². The number of benzene rings is 2. The number of amides is 2. The van der Waals surface area contributed by atoms with Gasteiger partial charge in [-0.15, -0.1) is 0 Å². The summed E-state index contributed by atoms with van der Waals surface area (Å²) in [7, 11) is 0. The maximum Gasteiger partial charge on any atom is 0.318 e. The molecule has 1 aliphatic heterocycles. The number of rotatable bonds is 4. The van der Waals surface area contributed by atoms with E-state index in [1.807, 2.05) is 61.5 Å². The third-order valence-corrected chi connectivity index (χ3v) is 4.84. The predicted octanol–water partition coefficient (Wildman–Crippen LogP) is 4.09. The molecule has 4 rings (SSSR count). The van der Waals surface area contributed by atoms with Crippen LogP contribution in [0, 0.1) is 6.92 Å². The van der Waals surface area contributed by atoms with Crippen molar-refractivity contribution in [2.45, 2.75) is 32.4 Å². The summed E-state index contributed by atoms with van der Waals surface area (Å²) >= 11 is 0. The number of carbonyl (C=O) groups excluding carboxylic acids is 1. The highest BCUT2D eigenvalue weighted by Crippen LogP contribution is 2.32. The summed E-state index contributed by atoms with van der Waals surface area (Å²) < 4.78 is 5.48. The van der Waals surface area contributed by atoms with Crippen LogP contribution in [0.25, 0.3) is 11.4 Å². The van der Waals surface area contributed by atoms with Gasteiger partial charge >= 0.3 is 6.03 Å². The van der Waals surface area contributed by atoms with Crippen molar-refractivity contribution in [2.24, 2.45) is 0 Å². The number of aromatic nitrogens is 2. The first-order valence-corrected chi connectivity index (χ1v) is 9.20. The van der Waals surface area contributed by atoms with E-state index in [9.17, 15) is 4.79 Å². The molecule has 138 valence electrons. The molecular weight excluding hydrogens is 340 g/mol. The molecule has 6 nitrogen and oxygen atoms in total. The zero-order valence-corrected chi connectivity index (χ0v) is 15.3. The largest absolute Gasteiger partial charge is 0.337 e. The minimum absolute atomic E-state index is 0.0995. The number of hydrogen-bond acceptors (Lipinski definition) is 4. The van der Waals surface area contributed by atoms with E-state index in [0.29, 0.717) is 24.8 Å². The Kier molecular flexibility index (Phi) is 4.87. The number of nitrogens with one attached hydrogen (secondary N) is 1. The summed E-state index contributed by atoms with van der Waals surface area (Å²) in [5.41, 5.74) is 3.19. The maximum atomic E-state index is 12.7. The van der Waals surface area contributed by atoms with Crippen LogP contribution >= 0.6 is 0 Å². The number of aryl methyl sites for hydroxylation is 1. The Morgan fingerprint density at radius 2 is 1.96 bits per heavy atom. The Balaban J connectivity index is 1.43. The normalized spacial score (nSPS) is 16.5. The van der Waals surface area contributed by atoms with Gasteiger partial charge in [-0.1, -0.05) is 65.3 Å². The molecule has 0 saturated carbocycles. The number of carbonyl (C=O) groups is 1. The molecule has 6 heteroatoms. The monoisotopic (exact) mass is 362 g/mol. The van der Waals surface area contributed by atoms with Crippen LogP contribution in [0.15, 0.2) is 59.1 Å². The molecule has 1 saturated heterocycles. The van der Waals surface area contributed by atoms with Crippen molar-refractivity contribution in [3.63, 3.8) is 0 Å². The molecule has 3 aromatic rings. The van der Waals surface area contributed by atoms with E-state index in [-0.39, 0.29) is 12.1 Å².